The summed E-state index contributed by atoms with van der Waals surface area (Å²) in [6, 6.07) is 6.58. The smallest absolute Gasteiger partial charge is 0.0994 e. The fraction of sp³-hybridized carbons (Fsp3) is 0.647. The molecular formula is C17H26N2O. The van der Waals surface area contributed by atoms with Gasteiger partial charge in [0.25, 0.3) is 0 Å². The van der Waals surface area contributed by atoms with Crippen molar-refractivity contribution in [3.8, 4) is 0 Å². The van der Waals surface area contributed by atoms with E-state index in [1.54, 1.807) is 0 Å². The molecule has 0 radical (unpaired) electrons. The van der Waals surface area contributed by atoms with Crippen molar-refractivity contribution in [2.75, 3.05) is 32.7 Å². The summed E-state index contributed by atoms with van der Waals surface area (Å²) in [4.78, 5) is 2.38. The van der Waals surface area contributed by atoms with Gasteiger partial charge in [0.1, 0.15) is 0 Å². The maximum absolute atomic E-state index is 10.9. The van der Waals surface area contributed by atoms with E-state index in [9.17, 15) is 5.11 Å². The molecule has 0 aromatic heterocycles. The molecule has 0 spiro atoms. The minimum Gasteiger partial charge on any atom is -0.384 e. The van der Waals surface area contributed by atoms with E-state index in [0.717, 1.165) is 38.3 Å². The van der Waals surface area contributed by atoms with Crippen LogP contribution in [0.3, 0.4) is 0 Å². The van der Waals surface area contributed by atoms with E-state index in [0.29, 0.717) is 0 Å². The maximum atomic E-state index is 10.9. The van der Waals surface area contributed by atoms with Gasteiger partial charge in [0.15, 0.2) is 0 Å². The Balaban J connectivity index is 1.73. The van der Waals surface area contributed by atoms with Crippen LogP contribution in [0.25, 0.3) is 0 Å². The van der Waals surface area contributed by atoms with Gasteiger partial charge in [-0.2, -0.15) is 0 Å². The number of rotatable bonds is 3. The SMILES string of the molecule is CC(O)(CN1CCCNCC1)c1ccc2c(c1)CCC2. The minimum atomic E-state index is -0.748. The lowest BCUT2D eigenvalue weighted by molar-refractivity contribution is 0.0176. The Hall–Kier alpha value is -0.900. The molecule has 1 aromatic rings. The quantitative estimate of drug-likeness (QED) is 0.880. The van der Waals surface area contributed by atoms with Gasteiger partial charge in [-0.15, -0.1) is 0 Å². The van der Waals surface area contributed by atoms with Gasteiger partial charge in [-0.1, -0.05) is 18.2 Å². The van der Waals surface area contributed by atoms with Crippen molar-refractivity contribution in [1.82, 2.24) is 10.2 Å². The summed E-state index contributed by atoms with van der Waals surface area (Å²) < 4.78 is 0. The zero-order valence-electron chi connectivity index (χ0n) is 12.5. The van der Waals surface area contributed by atoms with Crippen molar-refractivity contribution in [1.29, 1.82) is 0 Å². The molecule has 1 fully saturated rings. The molecule has 20 heavy (non-hydrogen) atoms. The fourth-order valence-corrected chi connectivity index (χ4v) is 3.49. The van der Waals surface area contributed by atoms with Crippen molar-refractivity contribution in [2.45, 2.75) is 38.2 Å². The second-order valence-corrected chi connectivity index (χ2v) is 6.49. The molecule has 110 valence electrons. The van der Waals surface area contributed by atoms with Crippen molar-refractivity contribution < 1.29 is 5.11 Å². The predicted molar refractivity (Wildman–Crippen MR) is 82.0 cm³/mol. The number of nitrogens with one attached hydrogen (secondary N) is 1. The molecule has 2 aliphatic rings. The Kier molecular flexibility index (Phi) is 4.11. The molecule has 3 heteroatoms. The number of nitrogens with zero attached hydrogens (tertiary/aromatic N) is 1. The van der Waals surface area contributed by atoms with Crippen LogP contribution in [-0.2, 0) is 18.4 Å². The topological polar surface area (TPSA) is 35.5 Å². The second-order valence-electron chi connectivity index (χ2n) is 6.49. The van der Waals surface area contributed by atoms with Crippen LogP contribution >= 0.6 is 0 Å². The van der Waals surface area contributed by atoms with E-state index >= 15 is 0 Å². The molecular weight excluding hydrogens is 248 g/mol. The minimum absolute atomic E-state index is 0.730. The van der Waals surface area contributed by atoms with Gasteiger partial charge in [0, 0.05) is 19.6 Å². The molecule has 3 rings (SSSR count). The second kappa shape index (κ2) is 5.84. The third kappa shape index (κ3) is 3.05. The Morgan fingerprint density at radius 2 is 2.00 bits per heavy atom. The summed E-state index contributed by atoms with van der Waals surface area (Å²) in [6.45, 7) is 6.92. The lowest BCUT2D eigenvalue weighted by Crippen LogP contribution is -2.40. The van der Waals surface area contributed by atoms with Crippen molar-refractivity contribution in [2.24, 2.45) is 0 Å². The van der Waals surface area contributed by atoms with Gasteiger partial charge < -0.3 is 10.4 Å². The molecule has 0 saturated carbocycles. The van der Waals surface area contributed by atoms with Crippen LogP contribution in [0.2, 0.25) is 0 Å². The van der Waals surface area contributed by atoms with Gasteiger partial charge in [-0.25, -0.2) is 0 Å². The number of hydrogen-bond donors (Lipinski definition) is 2. The van der Waals surface area contributed by atoms with Crippen LogP contribution in [0.5, 0.6) is 0 Å². The molecule has 1 unspecified atom stereocenters. The molecule has 1 aromatic carbocycles. The van der Waals surface area contributed by atoms with E-state index in [1.165, 1.54) is 36.8 Å². The molecule has 3 nitrogen and oxygen atoms in total. The van der Waals surface area contributed by atoms with Crippen molar-refractivity contribution >= 4 is 0 Å². The summed E-state index contributed by atoms with van der Waals surface area (Å²) in [6.07, 6.45) is 4.81. The highest BCUT2D eigenvalue weighted by Crippen LogP contribution is 2.28. The van der Waals surface area contributed by atoms with Crippen LogP contribution < -0.4 is 5.32 Å². The first-order chi connectivity index (χ1) is 9.65. The molecule has 1 aliphatic heterocycles. The van der Waals surface area contributed by atoms with Crippen molar-refractivity contribution in [3.05, 3.63) is 34.9 Å². The van der Waals surface area contributed by atoms with E-state index in [4.69, 9.17) is 0 Å². The number of hydrogen-bond acceptors (Lipinski definition) is 3. The number of β-amino-alcohol motifs (C(OH)–C–C–N with tert-alkyl or cyclic N) is 1. The first-order valence-corrected chi connectivity index (χ1v) is 7.93. The lowest BCUT2D eigenvalue weighted by atomic mass is 9.92. The van der Waals surface area contributed by atoms with Gasteiger partial charge in [0.05, 0.1) is 5.60 Å². The van der Waals surface area contributed by atoms with Crippen LogP contribution in [-0.4, -0.2) is 42.7 Å². The average molecular weight is 274 g/mol. The Labute approximate surface area is 122 Å². The van der Waals surface area contributed by atoms with E-state index in [2.05, 4.69) is 28.4 Å². The summed E-state index contributed by atoms with van der Waals surface area (Å²) in [7, 11) is 0. The van der Waals surface area contributed by atoms with Crippen LogP contribution in [0.1, 0.15) is 36.5 Å². The van der Waals surface area contributed by atoms with Gasteiger partial charge in [-0.3, -0.25) is 4.90 Å². The van der Waals surface area contributed by atoms with Crippen molar-refractivity contribution in [3.63, 3.8) is 0 Å². The van der Waals surface area contributed by atoms with Crippen LogP contribution in [0.15, 0.2) is 18.2 Å². The first-order valence-electron chi connectivity index (χ1n) is 7.93. The average Bonchev–Trinajstić information content (AvgIpc) is 2.75. The maximum Gasteiger partial charge on any atom is 0.0994 e. The highest BCUT2D eigenvalue weighted by molar-refractivity contribution is 5.37. The highest BCUT2D eigenvalue weighted by Gasteiger charge is 2.27. The summed E-state index contributed by atoms with van der Waals surface area (Å²) in [5, 5.41) is 14.3. The predicted octanol–water partition coefficient (Wildman–Crippen LogP) is 1.68. The largest absolute Gasteiger partial charge is 0.384 e. The molecule has 1 heterocycles. The zero-order chi connectivity index (χ0) is 14.0. The number of aryl methyl sites for hydroxylation is 2. The molecule has 2 N–H and O–H groups in total. The molecule has 1 atom stereocenters. The Morgan fingerprint density at radius 1 is 1.15 bits per heavy atom. The highest BCUT2D eigenvalue weighted by atomic mass is 16.3. The zero-order valence-corrected chi connectivity index (χ0v) is 12.5. The number of fused-ring (bicyclic) bond motifs is 1. The van der Waals surface area contributed by atoms with Crippen LogP contribution in [0.4, 0.5) is 0 Å². The Morgan fingerprint density at radius 3 is 2.90 bits per heavy atom. The van der Waals surface area contributed by atoms with Gasteiger partial charge in [0.2, 0.25) is 0 Å². The van der Waals surface area contributed by atoms with E-state index < -0.39 is 5.60 Å². The van der Waals surface area contributed by atoms with Gasteiger partial charge in [-0.05, 0) is 62.4 Å². The molecule has 1 saturated heterocycles. The summed E-state index contributed by atoms with van der Waals surface area (Å²) in [5.74, 6) is 0. The number of aliphatic hydroxyl groups is 1. The fourth-order valence-electron chi connectivity index (χ4n) is 3.49. The van der Waals surface area contributed by atoms with Gasteiger partial charge >= 0.3 is 0 Å². The Bertz CT molecular complexity index is 462. The third-order valence-electron chi connectivity index (χ3n) is 4.68. The molecule has 0 amide bonds. The standard InChI is InChI=1S/C17H26N2O/c1-17(20,13-19-10-3-8-18-9-11-19)16-7-6-14-4-2-5-15(14)12-16/h6-7,12,18,20H,2-5,8-11,13H2,1H3. The monoisotopic (exact) mass is 274 g/mol. The summed E-state index contributed by atoms with van der Waals surface area (Å²) >= 11 is 0. The first kappa shape index (κ1) is 14.1. The van der Waals surface area contributed by atoms with E-state index in [-0.39, 0.29) is 0 Å². The van der Waals surface area contributed by atoms with E-state index in [1.807, 2.05) is 6.92 Å². The lowest BCUT2D eigenvalue weighted by Gasteiger charge is -2.31. The molecule has 1 aliphatic carbocycles. The number of benzene rings is 1. The normalized spacial score (nSPS) is 23.1. The third-order valence-corrected chi connectivity index (χ3v) is 4.68. The summed E-state index contributed by atoms with van der Waals surface area (Å²) in [5.41, 5.74) is 3.25. The van der Waals surface area contributed by atoms with Crippen LogP contribution in [0, 0.1) is 0 Å². The molecule has 0 bridgehead atoms.